The minimum absolute atomic E-state index is 0.0458. The molecule has 0 aliphatic heterocycles. The lowest BCUT2D eigenvalue weighted by atomic mass is 10.1. The molecule has 0 spiro atoms. The summed E-state index contributed by atoms with van der Waals surface area (Å²) in [6, 6.07) is 27.8. The van der Waals surface area contributed by atoms with Gasteiger partial charge in [-0.25, -0.2) is 0 Å². The van der Waals surface area contributed by atoms with Crippen LogP contribution in [0.5, 0.6) is 5.75 Å². The van der Waals surface area contributed by atoms with Crippen molar-refractivity contribution in [2.24, 2.45) is 0 Å². The lowest BCUT2D eigenvalue weighted by molar-refractivity contribution is -0.115. The summed E-state index contributed by atoms with van der Waals surface area (Å²) in [6.07, 6.45) is 1.58. The van der Waals surface area contributed by atoms with E-state index in [1.54, 1.807) is 91.9 Å². The molecule has 4 rings (SSSR count). The number of carbonyl (C=O) groups is 3. The monoisotopic (exact) mass is 633 g/mol. The van der Waals surface area contributed by atoms with Gasteiger partial charge >= 0.3 is 0 Å². The fraction of sp³-hybridized carbons (Fsp3) is 0.121. The van der Waals surface area contributed by atoms with E-state index < -0.39 is 17.1 Å². The van der Waals surface area contributed by atoms with Crippen LogP contribution in [0, 0.1) is 0 Å². The number of anilines is 2. The summed E-state index contributed by atoms with van der Waals surface area (Å²) in [5.74, 6) is -0.583. The molecule has 4 aromatic rings. The van der Waals surface area contributed by atoms with Crippen LogP contribution in [0.2, 0.25) is 10.0 Å². The summed E-state index contributed by atoms with van der Waals surface area (Å²) in [5, 5.41) is 8.79. The Morgan fingerprint density at radius 1 is 0.884 bits per heavy atom. The number of hydrogen-bond acceptors (Lipinski definition) is 5. The Balaban J connectivity index is 1.47. The molecule has 1 atom stereocenters. The largest absolute Gasteiger partial charge is 0.493 e. The van der Waals surface area contributed by atoms with Crippen LogP contribution >= 0.6 is 35.0 Å². The predicted molar refractivity (Wildman–Crippen MR) is 175 cm³/mol. The minimum atomic E-state index is -0.512. The standard InChI is InChI=1S/C33H29Cl2N3O4S/c1-3-42-30-12-8-7-11-23(30)19-29(38-32(40)22-9-5-4-6-10-22)33(41)36-25-14-16-26(17-15-25)43-21(2)31(39)37-28-20-24(34)13-18-27(28)35/h4-21H,3H2,1-2H3,(H,36,41)(H,37,39)(H,38,40)/b29-19-. The number of rotatable bonds is 11. The number of carbonyl (C=O) groups excluding carboxylic acids is 3. The highest BCUT2D eigenvalue weighted by Gasteiger charge is 2.18. The number of benzene rings is 4. The van der Waals surface area contributed by atoms with E-state index in [-0.39, 0.29) is 11.6 Å². The molecule has 0 saturated heterocycles. The van der Waals surface area contributed by atoms with E-state index in [1.807, 2.05) is 25.1 Å². The van der Waals surface area contributed by atoms with E-state index in [2.05, 4.69) is 16.0 Å². The highest BCUT2D eigenvalue weighted by molar-refractivity contribution is 8.00. The normalized spacial score (nSPS) is 11.8. The van der Waals surface area contributed by atoms with Crippen molar-refractivity contribution in [3.63, 3.8) is 0 Å². The second-order valence-electron chi connectivity index (χ2n) is 9.20. The van der Waals surface area contributed by atoms with Crippen LogP contribution < -0.4 is 20.7 Å². The Morgan fingerprint density at radius 3 is 2.30 bits per heavy atom. The lowest BCUT2D eigenvalue weighted by Gasteiger charge is -2.14. The smallest absolute Gasteiger partial charge is 0.272 e. The van der Waals surface area contributed by atoms with Crippen molar-refractivity contribution in [1.82, 2.24) is 5.32 Å². The first kappa shape index (κ1) is 31.7. The Bertz CT molecular complexity index is 1630. The van der Waals surface area contributed by atoms with Gasteiger partial charge in [-0.2, -0.15) is 0 Å². The average Bonchev–Trinajstić information content (AvgIpc) is 3.01. The van der Waals surface area contributed by atoms with Gasteiger partial charge in [0.2, 0.25) is 5.91 Å². The van der Waals surface area contributed by atoms with E-state index in [0.717, 1.165) is 4.90 Å². The third-order valence-corrected chi connectivity index (χ3v) is 7.70. The summed E-state index contributed by atoms with van der Waals surface area (Å²) in [7, 11) is 0. The van der Waals surface area contributed by atoms with Gasteiger partial charge in [0.05, 0.1) is 22.6 Å². The van der Waals surface area contributed by atoms with Crippen molar-refractivity contribution in [3.05, 3.63) is 124 Å². The maximum absolute atomic E-state index is 13.4. The maximum Gasteiger partial charge on any atom is 0.272 e. The number of ether oxygens (including phenoxy) is 1. The van der Waals surface area contributed by atoms with Gasteiger partial charge in [-0.1, -0.05) is 59.6 Å². The first-order chi connectivity index (χ1) is 20.7. The van der Waals surface area contributed by atoms with Gasteiger partial charge in [0.15, 0.2) is 0 Å². The van der Waals surface area contributed by atoms with Crippen molar-refractivity contribution in [2.75, 3.05) is 17.2 Å². The summed E-state index contributed by atoms with van der Waals surface area (Å²) in [6.45, 7) is 4.10. The quantitative estimate of drug-likeness (QED) is 0.115. The molecule has 0 radical (unpaired) electrons. The molecule has 0 aliphatic rings. The van der Waals surface area contributed by atoms with Crippen molar-refractivity contribution in [1.29, 1.82) is 0 Å². The molecule has 4 aromatic carbocycles. The number of halogens is 2. The molecule has 0 saturated carbocycles. The van der Waals surface area contributed by atoms with E-state index in [4.69, 9.17) is 27.9 Å². The third kappa shape index (κ3) is 9.12. The second kappa shape index (κ2) is 15.3. The number of hydrogen-bond donors (Lipinski definition) is 3. The van der Waals surface area contributed by atoms with Crippen molar-refractivity contribution in [3.8, 4) is 5.75 Å². The Morgan fingerprint density at radius 2 is 1.58 bits per heavy atom. The lowest BCUT2D eigenvalue weighted by Crippen LogP contribution is -2.30. The number of thioether (sulfide) groups is 1. The van der Waals surface area contributed by atoms with E-state index in [9.17, 15) is 14.4 Å². The molecule has 0 heterocycles. The minimum Gasteiger partial charge on any atom is -0.493 e. The fourth-order valence-corrected chi connectivity index (χ4v) is 5.09. The van der Waals surface area contributed by atoms with Crippen molar-refractivity contribution >= 4 is 70.1 Å². The fourth-order valence-electron chi connectivity index (χ4n) is 3.89. The highest BCUT2D eigenvalue weighted by Crippen LogP contribution is 2.29. The van der Waals surface area contributed by atoms with Crippen LogP contribution in [-0.4, -0.2) is 29.6 Å². The van der Waals surface area contributed by atoms with Crippen LogP contribution in [0.15, 0.2) is 108 Å². The molecule has 0 aliphatic carbocycles. The van der Waals surface area contributed by atoms with Gasteiger partial charge < -0.3 is 20.7 Å². The van der Waals surface area contributed by atoms with Gasteiger partial charge in [0, 0.05) is 26.7 Å². The maximum atomic E-state index is 13.4. The Hall–Kier alpha value is -4.24. The molecule has 3 amide bonds. The summed E-state index contributed by atoms with van der Waals surface area (Å²) >= 11 is 13.5. The third-order valence-electron chi connectivity index (χ3n) is 6.03. The molecular formula is C33H29Cl2N3O4S. The zero-order chi connectivity index (χ0) is 30.8. The molecule has 3 N–H and O–H groups in total. The van der Waals surface area contributed by atoms with Crippen LogP contribution in [0.25, 0.3) is 6.08 Å². The molecule has 0 bridgehead atoms. The van der Waals surface area contributed by atoms with Gasteiger partial charge in [-0.15, -0.1) is 11.8 Å². The molecule has 0 fully saturated rings. The van der Waals surface area contributed by atoms with E-state index in [1.165, 1.54) is 11.8 Å². The molecule has 0 aromatic heterocycles. The molecule has 43 heavy (non-hydrogen) atoms. The highest BCUT2D eigenvalue weighted by atomic mass is 35.5. The number of para-hydroxylation sites is 1. The van der Waals surface area contributed by atoms with Gasteiger partial charge in [0.25, 0.3) is 11.8 Å². The summed E-state index contributed by atoms with van der Waals surface area (Å²) in [5.41, 5.74) is 2.05. The molecule has 220 valence electrons. The SMILES string of the molecule is CCOc1ccccc1/C=C(\NC(=O)c1ccccc1)C(=O)Nc1ccc(SC(C)C(=O)Nc2cc(Cl)ccc2Cl)cc1. The Kier molecular flexibility index (Phi) is 11.3. The first-order valence-corrected chi connectivity index (χ1v) is 15.0. The van der Waals surface area contributed by atoms with Gasteiger partial charge in [0.1, 0.15) is 11.4 Å². The van der Waals surface area contributed by atoms with Gasteiger partial charge in [-0.3, -0.25) is 14.4 Å². The molecule has 7 nitrogen and oxygen atoms in total. The van der Waals surface area contributed by atoms with Crippen molar-refractivity contribution in [2.45, 2.75) is 24.0 Å². The zero-order valence-corrected chi connectivity index (χ0v) is 25.7. The summed E-state index contributed by atoms with van der Waals surface area (Å²) < 4.78 is 5.70. The van der Waals surface area contributed by atoms with Crippen LogP contribution in [0.3, 0.4) is 0 Å². The van der Waals surface area contributed by atoms with E-state index in [0.29, 0.717) is 44.9 Å². The summed E-state index contributed by atoms with van der Waals surface area (Å²) in [4.78, 5) is 39.9. The van der Waals surface area contributed by atoms with Gasteiger partial charge in [-0.05, 0) is 80.6 Å². The average molecular weight is 635 g/mol. The van der Waals surface area contributed by atoms with Crippen LogP contribution in [0.4, 0.5) is 11.4 Å². The van der Waals surface area contributed by atoms with Crippen molar-refractivity contribution < 1.29 is 19.1 Å². The second-order valence-corrected chi connectivity index (χ2v) is 11.5. The van der Waals surface area contributed by atoms with Crippen LogP contribution in [-0.2, 0) is 9.59 Å². The Labute approximate surface area is 264 Å². The molecular weight excluding hydrogens is 605 g/mol. The van der Waals surface area contributed by atoms with E-state index >= 15 is 0 Å². The predicted octanol–water partition coefficient (Wildman–Crippen LogP) is 7.92. The number of amides is 3. The first-order valence-electron chi connectivity index (χ1n) is 13.4. The topological polar surface area (TPSA) is 96.5 Å². The number of nitrogens with one attached hydrogen (secondary N) is 3. The molecule has 10 heteroatoms. The van der Waals surface area contributed by atoms with Crippen LogP contribution in [0.1, 0.15) is 29.8 Å². The molecule has 1 unspecified atom stereocenters. The zero-order valence-electron chi connectivity index (χ0n) is 23.4.